The zero-order chi connectivity index (χ0) is 17.3. The molecule has 24 heavy (non-hydrogen) atoms. The Balaban J connectivity index is 1.59. The number of ether oxygens (including phenoxy) is 2. The number of benzene rings is 2. The van der Waals surface area contributed by atoms with E-state index in [1.54, 1.807) is 32.0 Å². The van der Waals surface area contributed by atoms with Gasteiger partial charge in [-0.25, -0.2) is 8.78 Å². The van der Waals surface area contributed by atoms with Crippen molar-refractivity contribution in [1.82, 2.24) is 0 Å². The third kappa shape index (κ3) is 3.79. The van der Waals surface area contributed by atoms with Crippen LogP contribution in [0.3, 0.4) is 0 Å². The molecule has 0 fully saturated rings. The fourth-order valence-corrected chi connectivity index (χ4v) is 2.93. The molecule has 2 aromatic carbocycles. The lowest BCUT2D eigenvalue weighted by molar-refractivity contribution is -0.113. The van der Waals surface area contributed by atoms with Gasteiger partial charge in [-0.3, -0.25) is 4.79 Å². The molecule has 0 radical (unpaired) electrons. The van der Waals surface area contributed by atoms with Crippen LogP contribution in [0.2, 0.25) is 0 Å². The Morgan fingerprint density at radius 3 is 2.58 bits per heavy atom. The van der Waals surface area contributed by atoms with Crippen LogP contribution in [-0.4, -0.2) is 17.4 Å². The number of nitrogens with one attached hydrogen (secondary N) is 1. The van der Waals surface area contributed by atoms with Crippen LogP contribution in [-0.2, 0) is 4.79 Å². The van der Waals surface area contributed by atoms with Crippen LogP contribution in [0.25, 0.3) is 0 Å². The lowest BCUT2D eigenvalue weighted by Crippen LogP contribution is -2.29. The summed E-state index contributed by atoms with van der Waals surface area (Å²) in [7, 11) is 0. The van der Waals surface area contributed by atoms with Crippen molar-refractivity contribution in [3.8, 4) is 11.5 Å². The first-order valence-electron chi connectivity index (χ1n) is 7.22. The topological polar surface area (TPSA) is 47.6 Å². The summed E-state index contributed by atoms with van der Waals surface area (Å²) in [5, 5.41) is 2.73. The molecule has 1 amide bonds. The fraction of sp³-hybridized carbons (Fsp3) is 0.235. The van der Waals surface area contributed by atoms with Crippen LogP contribution in [0.4, 0.5) is 14.5 Å². The summed E-state index contributed by atoms with van der Waals surface area (Å²) < 4.78 is 37.2. The van der Waals surface area contributed by atoms with Crippen LogP contribution < -0.4 is 14.8 Å². The number of carbonyl (C=O) groups is 1. The van der Waals surface area contributed by atoms with Crippen molar-refractivity contribution in [2.45, 2.75) is 24.5 Å². The Bertz CT molecular complexity index is 795. The number of fused-ring (bicyclic) bond motifs is 1. The maximum Gasteiger partial charge on any atom is 0.246 e. The lowest BCUT2D eigenvalue weighted by atomic mass is 10.3. The summed E-state index contributed by atoms with van der Waals surface area (Å²) in [5.41, 5.74) is 0.575. The van der Waals surface area contributed by atoms with Gasteiger partial charge in [-0.15, -0.1) is 11.8 Å². The van der Waals surface area contributed by atoms with Crippen molar-refractivity contribution < 1.29 is 23.0 Å². The van der Waals surface area contributed by atoms with Gasteiger partial charge >= 0.3 is 0 Å². The molecular weight excluding hydrogens is 336 g/mol. The SMILES string of the molecule is CC1(C)Oc2ccc(NC(=O)CSc3ccc(F)c(F)c3)cc2O1. The predicted octanol–water partition coefficient (Wildman–Crippen LogP) is 4.20. The number of amides is 1. The van der Waals surface area contributed by atoms with E-state index in [9.17, 15) is 13.6 Å². The molecule has 0 spiro atoms. The molecule has 3 rings (SSSR count). The molecule has 0 aliphatic carbocycles. The van der Waals surface area contributed by atoms with Gasteiger partial charge in [0, 0.05) is 30.5 Å². The Morgan fingerprint density at radius 1 is 1.08 bits per heavy atom. The zero-order valence-electron chi connectivity index (χ0n) is 13.1. The van der Waals surface area contributed by atoms with E-state index in [0.29, 0.717) is 22.1 Å². The average Bonchev–Trinajstić information content (AvgIpc) is 2.81. The highest BCUT2D eigenvalue weighted by Crippen LogP contribution is 2.40. The first-order valence-corrected chi connectivity index (χ1v) is 8.21. The predicted molar refractivity (Wildman–Crippen MR) is 87.5 cm³/mol. The molecule has 0 bridgehead atoms. The third-order valence-electron chi connectivity index (χ3n) is 3.20. The Morgan fingerprint density at radius 2 is 1.83 bits per heavy atom. The van der Waals surface area contributed by atoms with E-state index < -0.39 is 17.4 Å². The van der Waals surface area contributed by atoms with Gasteiger partial charge < -0.3 is 14.8 Å². The monoisotopic (exact) mass is 351 g/mol. The molecule has 0 aromatic heterocycles. The van der Waals surface area contributed by atoms with E-state index in [1.807, 2.05) is 0 Å². The van der Waals surface area contributed by atoms with Crippen molar-refractivity contribution in [3.05, 3.63) is 48.0 Å². The number of hydrogen-bond acceptors (Lipinski definition) is 4. The number of hydrogen-bond donors (Lipinski definition) is 1. The van der Waals surface area contributed by atoms with Gasteiger partial charge in [0.05, 0.1) is 5.75 Å². The van der Waals surface area contributed by atoms with Gasteiger partial charge in [0.25, 0.3) is 0 Å². The van der Waals surface area contributed by atoms with E-state index in [1.165, 1.54) is 6.07 Å². The van der Waals surface area contributed by atoms with Crippen molar-refractivity contribution in [1.29, 1.82) is 0 Å². The second-order valence-corrected chi connectivity index (χ2v) is 6.73. The van der Waals surface area contributed by atoms with Crippen molar-refractivity contribution in [3.63, 3.8) is 0 Å². The molecule has 1 aliphatic rings. The van der Waals surface area contributed by atoms with Crippen LogP contribution >= 0.6 is 11.8 Å². The molecule has 4 nitrogen and oxygen atoms in total. The van der Waals surface area contributed by atoms with Gasteiger partial charge in [-0.2, -0.15) is 0 Å². The summed E-state index contributed by atoms with van der Waals surface area (Å²) in [6.45, 7) is 3.59. The highest BCUT2D eigenvalue weighted by Gasteiger charge is 2.31. The van der Waals surface area contributed by atoms with E-state index in [2.05, 4.69) is 5.32 Å². The number of carbonyl (C=O) groups excluding carboxylic acids is 1. The molecule has 1 heterocycles. The number of anilines is 1. The highest BCUT2D eigenvalue weighted by atomic mass is 32.2. The molecule has 0 saturated heterocycles. The van der Waals surface area contributed by atoms with Crippen LogP contribution in [0.15, 0.2) is 41.3 Å². The molecule has 2 aromatic rings. The normalized spacial score (nSPS) is 14.5. The summed E-state index contributed by atoms with van der Waals surface area (Å²) in [5.74, 6) is -1.58. The minimum Gasteiger partial charge on any atom is -0.449 e. The molecule has 1 N–H and O–H groups in total. The van der Waals surface area contributed by atoms with E-state index in [-0.39, 0.29) is 11.7 Å². The van der Waals surface area contributed by atoms with Gasteiger partial charge in [-0.1, -0.05) is 0 Å². The number of rotatable bonds is 4. The van der Waals surface area contributed by atoms with E-state index in [4.69, 9.17) is 9.47 Å². The van der Waals surface area contributed by atoms with Crippen molar-refractivity contribution in [2.24, 2.45) is 0 Å². The van der Waals surface area contributed by atoms with Crippen LogP contribution in [0.1, 0.15) is 13.8 Å². The highest BCUT2D eigenvalue weighted by molar-refractivity contribution is 8.00. The largest absolute Gasteiger partial charge is 0.449 e. The van der Waals surface area contributed by atoms with Gasteiger partial charge in [0.1, 0.15) is 0 Å². The molecule has 1 aliphatic heterocycles. The summed E-state index contributed by atoms with van der Waals surface area (Å²) in [4.78, 5) is 12.5. The number of thioether (sulfide) groups is 1. The van der Waals surface area contributed by atoms with E-state index in [0.717, 1.165) is 23.9 Å². The Kier molecular flexibility index (Phi) is 4.36. The Hall–Kier alpha value is -2.28. The van der Waals surface area contributed by atoms with Crippen LogP contribution in [0, 0.1) is 11.6 Å². The summed E-state index contributed by atoms with van der Waals surface area (Å²) in [6, 6.07) is 8.65. The lowest BCUT2D eigenvalue weighted by Gasteiger charge is -2.16. The Labute approximate surface area is 142 Å². The first-order chi connectivity index (χ1) is 11.3. The summed E-state index contributed by atoms with van der Waals surface area (Å²) >= 11 is 1.12. The van der Waals surface area contributed by atoms with Crippen LogP contribution in [0.5, 0.6) is 11.5 Å². The second-order valence-electron chi connectivity index (χ2n) is 5.68. The maximum absolute atomic E-state index is 13.1. The zero-order valence-corrected chi connectivity index (χ0v) is 13.9. The molecule has 0 saturated carbocycles. The van der Waals surface area contributed by atoms with Gasteiger partial charge in [0.15, 0.2) is 23.1 Å². The van der Waals surface area contributed by atoms with E-state index >= 15 is 0 Å². The quantitative estimate of drug-likeness (QED) is 0.839. The molecular formula is C17H15F2NO3S. The first kappa shape index (κ1) is 16.6. The standard InChI is InChI=1S/C17H15F2NO3S/c1-17(2)22-14-6-3-10(7-15(14)23-17)20-16(21)9-24-11-4-5-12(18)13(19)8-11/h3-8H,9H2,1-2H3,(H,20,21). The maximum atomic E-state index is 13.1. The van der Waals surface area contributed by atoms with Crippen molar-refractivity contribution >= 4 is 23.4 Å². The molecule has 0 unspecified atom stereocenters. The van der Waals surface area contributed by atoms with Gasteiger partial charge in [-0.05, 0) is 30.3 Å². The third-order valence-corrected chi connectivity index (χ3v) is 4.19. The minimum absolute atomic E-state index is 0.0744. The van der Waals surface area contributed by atoms with Gasteiger partial charge in [0.2, 0.25) is 11.7 Å². The molecule has 0 atom stereocenters. The smallest absolute Gasteiger partial charge is 0.246 e. The molecule has 7 heteroatoms. The molecule has 126 valence electrons. The number of halogens is 2. The average molecular weight is 351 g/mol. The van der Waals surface area contributed by atoms with Crippen molar-refractivity contribution in [2.75, 3.05) is 11.1 Å². The summed E-state index contributed by atoms with van der Waals surface area (Å²) in [6.07, 6.45) is 0. The minimum atomic E-state index is -0.932. The second kappa shape index (κ2) is 6.32. The fourth-order valence-electron chi connectivity index (χ4n) is 2.21.